The zero-order valence-corrected chi connectivity index (χ0v) is 12.2. The first kappa shape index (κ1) is 14.9. The van der Waals surface area contributed by atoms with E-state index in [1.165, 1.54) is 0 Å². The average molecular weight is 308 g/mol. The molecule has 7 heteroatoms. The van der Waals surface area contributed by atoms with Gasteiger partial charge in [-0.3, -0.25) is 4.79 Å². The topological polar surface area (TPSA) is 89.1 Å². The molecule has 1 saturated heterocycles. The Morgan fingerprint density at radius 2 is 2.32 bits per heavy atom. The molecule has 1 amide bonds. The van der Waals surface area contributed by atoms with Crippen LogP contribution in [0.15, 0.2) is 18.2 Å². The van der Waals surface area contributed by atoms with Gasteiger partial charge in [-0.2, -0.15) is 0 Å². The number of hydrogen-bond donors (Lipinski definition) is 3. The Kier molecular flexibility index (Phi) is 4.65. The number of carbonyl (C=O) groups is 1. The lowest BCUT2D eigenvalue weighted by Crippen LogP contribution is -2.44. The van der Waals surface area contributed by atoms with Gasteiger partial charge in [-0.05, 0) is 31.5 Å². The summed E-state index contributed by atoms with van der Waals surface area (Å²) in [6, 6.07) is 5.09. The van der Waals surface area contributed by atoms with Gasteiger partial charge < -0.3 is 30.0 Å². The summed E-state index contributed by atoms with van der Waals surface area (Å²) in [5.74, 6) is 1.84. The van der Waals surface area contributed by atoms with Crippen molar-refractivity contribution in [2.45, 2.75) is 25.0 Å². The predicted octanol–water partition coefficient (Wildman–Crippen LogP) is 0.0232. The molecular weight excluding hydrogens is 288 g/mol. The third-order valence-corrected chi connectivity index (χ3v) is 3.68. The van der Waals surface area contributed by atoms with E-state index >= 15 is 0 Å². The lowest BCUT2D eigenvalue weighted by atomic mass is 10.2. The summed E-state index contributed by atoms with van der Waals surface area (Å²) in [7, 11) is 0. The first-order chi connectivity index (χ1) is 10.7. The van der Waals surface area contributed by atoms with Crippen molar-refractivity contribution in [1.29, 1.82) is 0 Å². The molecule has 0 bridgehead atoms. The number of hydrogen-bond acceptors (Lipinski definition) is 6. The number of carbonyl (C=O) groups excluding carboxylic acids is 1. The largest absolute Gasteiger partial charge is 0.491 e. The number of rotatable bonds is 6. The van der Waals surface area contributed by atoms with E-state index in [2.05, 4.69) is 10.6 Å². The third-order valence-electron chi connectivity index (χ3n) is 3.68. The second kappa shape index (κ2) is 6.85. The molecule has 0 spiro atoms. The normalized spacial score (nSPS) is 20.7. The van der Waals surface area contributed by atoms with E-state index in [1.54, 1.807) is 18.2 Å². The van der Waals surface area contributed by atoms with Crippen LogP contribution in [0.5, 0.6) is 17.2 Å². The van der Waals surface area contributed by atoms with Gasteiger partial charge >= 0.3 is 0 Å². The summed E-state index contributed by atoms with van der Waals surface area (Å²) < 4.78 is 16.0. The summed E-state index contributed by atoms with van der Waals surface area (Å²) in [5.41, 5.74) is 0. The highest BCUT2D eigenvalue weighted by atomic mass is 16.7. The van der Waals surface area contributed by atoms with Gasteiger partial charge in [0.15, 0.2) is 11.5 Å². The minimum Gasteiger partial charge on any atom is -0.491 e. The standard InChI is InChI=1S/C15H20N2O5/c18-10(7-17-15(19)12-2-1-5-16-12)8-20-11-3-4-13-14(6-11)22-9-21-13/h3-4,6,10,12,16,18H,1-2,5,7-9H2,(H,17,19). The van der Waals surface area contributed by atoms with E-state index in [1.807, 2.05) is 0 Å². The van der Waals surface area contributed by atoms with E-state index in [0.29, 0.717) is 17.2 Å². The molecule has 22 heavy (non-hydrogen) atoms. The Balaban J connectivity index is 1.40. The maximum Gasteiger partial charge on any atom is 0.237 e. The van der Waals surface area contributed by atoms with Gasteiger partial charge in [0.2, 0.25) is 12.7 Å². The van der Waals surface area contributed by atoms with Crippen LogP contribution in [0, 0.1) is 0 Å². The maximum atomic E-state index is 11.8. The van der Waals surface area contributed by atoms with E-state index < -0.39 is 6.10 Å². The number of aliphatic hydroxyl groups excluding tert-OH is 1. The zero-order valence-electron chi connectivity index (χ0n) is 12.2. The molecule has 1 fully saturated rings. The Hall–Kier alpha value is -1.99. The number of amides is 1. The van der Waals surface area contributed by atoms with Gasteiger partial charge in [0.05, 0.1) is 6.04 Å². The van der Waals surface area contributed by atoms with Gasteiger partial charge in [0.1, 0.15) is 18.5 Å². The Morgan fingerprint density at radius 1 is 1.45 bits per heavy atom. The highest BCUT2D eigenvalue weighted by Crippen LogP contribution is 2.35. The van der Waals surface area contributed by atoms with E-state index in [-0.39, 0.29) is 31.9 Å². The Bertz CT molecular complexity index is 531. The van der Waals surface area contributed by atoms with Crippen molar-refractivity contribution in [3.05, 3.63) is 18.2 Å². The van der Waals surface area contributed by atoms with Gasteiger partial charge in [0, 0.05) is 12.6 Å². The van der Waals surface area contributed by atoms with Crippen molar-refractivity contribution in [3.8, 4) is 17.2 Å². The molecule has 120 valence electrons. The molecule has 2 unspecified atom stereocenters. The van der Waals surface area contributed by atoms with Gasteiger partial charge in [0.25, 0.3) is 0 Å². The van der Waals surface area contributed by atoms with Crippen molar-refractivity contribution >= 4 is 5.91 Å². The van der Waals surface area contributed by atoms with Crippen LogP contribution in [0.4, 0.5) is 0 Å². The van der Waals surface area contributed by atoms with Crippen LogP contribution in [0.3, 0.4) is 0 Å². The second-order valence-electron chi connectivity index (χ2n) is 5.37. The second-order valence-corrected chi connectivity index (χ2v) is 5.37. The molecule has 2 atom stereocenters. The van der Waals surface area contributed by atoms with Crippen LogP contribution in [0.2, 0.25) is 0 Å². The first-order valence-electron chi connectivity index (χ1n) is 7.44. The fraction of sp³-hybridized carbons (Fsp3) is 0.533. The molecule has 0 radical (unpaired) electrons. The van der Waals surface area contributed by atoms with Crippen molar-refractivity contribution in [3.63, 3.8) is 0 Å². The van der Waals surface area contributed by atoms with Crippen LogP contribution in [0.1, 0.15) is 12.8 Å². The van der Waals surface area contributed by atoms with Crippen molar-refractivity contribution < 1.29 is 24.1 Å². The summed E-state index contributed by atoms with van der Waals surface area (Å²) in [6.45, 7) is 1.34. The van der Waals surface area contributed by atoms with Crippen molar-refractivity contribution in [1.82, 2.24) is 10.6 Å². The smallest absolute Gasteiger partial charge is 0.237 e. The van der Waals surface area contributed by atoms with Crippen LogP contribution in [-0.2, 0) is 4.79 Å². The summed E-state index contributed by atoms with van der Waals surface area (Å²) in [5, 5.41) is 15.7. The number of fused-ring (bicyclic) bond motifs is 1. The number of aliphatic hydroxyl groups is 1. The number of ether oxygens (including phenoxy) is 3. The minimum atomic E-state index is -0.768. The molecular formula is C15H20N2O5. The van der Waals surface area contributed by atoms with Gasteiger partial charge in [-0.25, -0.2) is 0 Å². The van der Waals surface area contributed by atoms with Gasteiger partial charge in [-0.1, -0.05) is 0 Å². The molecule has 3 N–H and O–H groups in total. The lowest BCUT2D eigenvalue weighted by molar-refractivity contribution is -0.123. The van der Waals surface area contributed by atoms with Crippen LogP contribution in [0.25, 0.3) is 0 Å². The minimum absolute atomic E-state index is 0.0698. The third kappa shape index (κ3) is 3.61. The lowest BCUT2D eigenvalue weighted by Gasteiger charge is -2.15. The van der Waals surface area contributed by atoms with Crippen molar-refractivity contribution in [2.24, 2.45) is 0 Å². The van der Waals surface area contributed by atoms with Crippen molar-refractivity contribution in [2.75, 3.05) is 26.5 Å². The molecule has 1 aromatic carbocycles. The number of benzene rings is 1. The molecule has 2 aliphatic heterocycles. The van der Waals surface area contributed by atoms with Gasteiger partial charge in [-0.15, -0.1) is 0 Å². The molecule has 1 aromatic rings. The summed E-state index contributed by atoms with van der Waals surface area (Å²) >= 11 is 0. The Labute approximate surface area is 128 Å². The molecule has 7 nitrogen and oxygen atoms in total. The van der Waals surface area contributed by atoms with E-state index in [0.717, 1.165) is 19.4 Å². The summed E-state index contributed by atoms with van der Waals surface area (Å²) in [6.07, 6.45) is 1.08. The SMILES string of the molecule is O=C(NCC(O)COc1ccc2c(c1)OCO2)C1CCCN1. The Morgan fingerprint density at radius 3 is 3.14 bits per heavy atom. The predicted molar refractivity (Wildman–Crippen MR) is 78.1 cm³/mol. The maximum absolute atomic E-state index is 11.8. The fourth-order valence-electron chi connectivity index (χ4n) is 2.47. The highest BCUT2D eigenvalue weighted by Gasteiger charge is 2.22. The van der Waals surface area contributed by atoms with E-state index in [9.17, 15) is 9.90 Å². The molecule has 2 aliphatic rings. The molecule has 0 aromatic heterocycles. The monoisotopic (exact) mass is 308 g/mol. The summed E-state index contributed by atoms with van der Waals surface area (Å²) in [4.78, 5) is 11.8. The quantitative estimate of drug-likeness (QED) is 0.687. The van der Waals surface area contributed by atoms with Crippen LogP contribution in [-0.4, -0.2) is 49.6 Å². The van der Waals surface area contributed by atoms with E-state index in [4.69, 9.17) is 14.2 Å². The fourth-order valence-corrected chi connectivity index (χ4v) is 2.47. The number of nitrogens with one attached hydrogen (secondary N) is 2. The molecule has 3 rings (SSSR count). The first-order valence-corrected chi connectivity index (χ1v) is 7.44. The molecule has 0 saturated carbocycles. The average Bonchev–Trinajstić information content (AvgIpc) is 3.20. The van der Waals surface area contributed by atoms with Crippen LogP contribution < -0.4 is 24.8 Å². The van der Waals surface area contributed by atoms with Crippen LogP contribution >= 0.6 is 0 Å². The molecule has 2 heterocycles. The zero-order chi connectivity index (χ0) is 15.4. The molecule has 0 aliphatic carbocycles. The highest BCUT2D eigenvalue weighted by molar-refractivity contribution is 5.82.